The molecule has 4 nitrogen and oxygen atoms in total. The SMILES string of the molecule is Cc1ccc(Cl)cc1NC(=O)NCCC(O)C(C)C. The maximum absolute atomic E-state index is 11.7. The van der Waals surface area contributed by atoms with Gasteiger partial charge in [-0.2, -0.15) is 0 Å². The number of aliphatic hydroxyl groups excluding tert-OH is 1. The molecule has 0 aromatic heterocycles. The molecule has 0 aliphatic rings. The molecule has 5 heteroatoms. The van der Waals surface area contributed by atoms with Crippen LogP contribution in [0.2, 0.25) is 5.02 Å². The van der Waals surface area contributed by atoms with Crippen molar-refractivity contribution in [2.24, 2.45) is 5.92 Å². The summed E-state index contributed by atoms with van der Waals surface area (Å²) in [6, 6.07) is 5.04. The number of halogens is 1. The van der Waals surface area contributed by atoms with Crippen LogP contribution in [0.25, 0.3) is 0 Å². The van der Waals surface area contributed by atoms with Crippen LogP contribution in [-0.4, -0.2) is 23.8 Å². The van der Waals surface area contributed by atoms with Gasteiger partial charge in [-0.05, 0) is 37.0 Å². The number of aliphatic hydroxyl groups is 1. The molecule has 1 aromatic rings. The van der Waals surface area contributed by atoms with Gasteiger partial charge in [0.15, 0.2) is 0 Å². The van der Waals surface area contributed by atoms with E-state index in [1.54, 1.807) is 12.1 Å². The summed E-state index contributed by atoms with van der Waals surface area (Å²) in [4.78, 5) is 11.7. The van der Waals surface area contributed by atoms with E-state index in [0.29, 0.717) is 23.7 Å². The molecule has 0 saturated carbocycles. The second kappa shape index (κ2) is 7.36. The average Bonchev–Trinajstić information content (AvgIpc) is 2.33. The molecule has 0 aliphatic heterocycles. The second-order valence-corrected chi connectivity index (χ2v) is 5.38. The zero-order valence-electron chi connectivity index (χ0n) is 11.5. The Balaban J connectivity index is 2.41. The van der Waals surface area contributed by atoms with Gasteiger partial charge >= 0.3 is 6.03 Å². The summed E-state index contributed by atoms with van der Waals surface area (Å²) in [7, 11) is 0. The number of aryl methyl sites for hydroxylation is 1. The highest BCUT2D eigenvalue weighted by Crippen LogP contribution is 2.19. The molecule has 3 N–H and O–H groups in total. The van der Waals surface area contributed by atoms with Crippen molar-refractivity contribution in [2.75, 3.05) is 11.9 Å². The minimum atomic E-state index is -0.395. The van der Waals surface area contributed by atoms with Crippen LogP contribution in [0.4, 0.5) is 10.5 Å². The smallest absolute Gasteiger partial charge is 0.319 e. The highest BCUT2D eigenvalue weighted by Gasteiger charge is 2.10. The summed E-state index contributed by atoms with van der Waals surface area (Å²) in [6.07, 6.45) is 0.146. The number of carbonyl (C=O) groups excluding carboxylic acids is 1. The third kappa shape index (κ3) is 5.49. The Kier molecular flexibility index (Phi) is 6.12. The van der Waals surface area contributed by atoms with Crippen LogP contribution in [0, 0.1) is 12.8 Å². The van der Waals surface area contributed by atoms with Gasteiger partial charge in [0.25, 0.3) is 0 Å². The molecule has 19 heavy (non-hydrogen) atoms. The Morgan fingerprint density at radius 2 is 2.11 bits per heavy atom. The molecular formula is C14H21ClN2O2. The first-order chi connectivity index (χ1) is 8.90. The summed E-state index contributed by atoms with van der Waals surface area (Å²) in [6.45, 7) is 6.22. The van der Waals surface area contributed by atoms with Gasteiger partial charge in [0.2, 0.25) is 0 Å². The Morgan fingerprint density at radius 1 is 1.42 bits per heavy atom. The maximum atomic E-state index is 11.7. The Hall–Kier alpha value is -1.26. The Labute approximate surface area is 119 Å². The van der Waals surface area contributed by atoms with Crippen LogP contribution in [0.1, 0.15) is 25.8 Å². The number of nitrogens with one attached hydrogen (secondary N) is 2. The lowest BCUT2D eigenvalue weighted by Crippen LogP contribution is -2.32. The summed E-state index contributed by atoms with van der Waals surface area (Å²) in [5.74, 6) is 0.194. The fourth-order valence-electron chi connectivity index (χ4n) is 1.56. The van der Waals surface area contributed by atoms with E-state index >= 15 is 0 Å². The summed E-state index contributed by atoms with van der Waals surface area (Å²) in [5.41, 5.74) is 1.64. The lowest BCUT2D eigenvalue weighted by molar-refractivity contribution is 0.117. The number of hydrogen-bond acceptors (Lipinski definition) is 2. The molecule has 0 heterocycles. The van der Waals surface area contributed by atoms with Gasteiger partial charge in [0.05, 0.1) is 6.10 Å². The van der Waals surface area contributed by atoms with Crippen LogP contribution < -0.4 is 10.6 Å². The number of urea groups is 1. The molecule has 1 unspecified atom stereocenters. The molecule has 0 fully saturated rings. The average molecular weight is 285 g/mol. The van der Waals surface area contributed by atoms with Crippen molar-refractivity contribution < 1.29 is 9.90 Å². The third-order valence-electron chi connectivity index (χ3n) is 2.94. The maximum Gasteiger partial charge on any atom is 0.319 e. The first-order valence-electron chi connectivity index (χ1n) is 6.39. The monoisotopic (exact) mass is 284 g/mol. The minimum absolute atomic E-state index is 0.194. The van der Waals surface area contributed by atoms with Gasteiger partial charge in [0.1, 0.15) is 0 Å². The molecule has 0 spiro atoms. The van der Waals surface area contributed by atoms with Gasteiger partial charge < -0.3 is 15.7 Å². The molecule has 106 valence electrons. The highest BCUT2D eigenvalue weighted by molar-refractivity contribution is 6.31. The molecule has 1 atom stereocenters. The van der Waals surface area contributed by atoms with Crippen molar-refractivity contribution in [3.05, 3.63) is 28.8 Å². The molecular weight excluding hydrogens is 264 g/mol. The van der Waals surface area contributed by atoms with E-state index in [1.807, 2.05) is 26.8 Å². The largest absolute Gasteiger partial charge is 0.393 e. The standard InChI is InChI=1S/C14H21ClN2O2/c1-9(2)13(18)6-7-16-14(19)17-12-8-11(15)5-4-10(12)3/h4-5,8-9,13,18H,6-7H2,1-3H3,(H2,16,17,19). The first kappa shape index (κ1) is 15.8. The van der Waals surface area contributed by atoms with Gasteiger partial charge in [0, 0.05) is 17.3 Å². The van der Waals surface area contributed by atoms with Crippen molar-refractivity contribution in [1.82, 2.24) is 5.32 Å². The van der Waals surface area contributed by atoms with E-state index in [4.69, 9.17) is 11.6 Å². The molecule has 1 aromatic carbocycles. The summed E-state index contributed by atoms with van der Waals surface area (Å²) < 4.78 is 0. The van der Waals surface area contributed by atoms with Crippen LogP contribution in [0.15, 0.2) is 18.2 Å². The molecule has 0 radical (unpaired) electrons. The van der Waals surface area contributed by atoms with E-state index in [2.05, 4.69) is 10.6 Å². The normalized spacial score (nSPS) is 12.3. The van der Waals surface area contributed by atoms with Crippen LogP contribution in [-0.2, 0) is 0 Å². The molecule has 1 rings (SSSR count). The second-order valence-electron chi connectivity index (χ2n) is 4.94. The Bertz CT molecular complexity index is 435. The van der Waals surface area contributed by atoms with Crippen LogP contribution in [0.3, 0.4) is 0 Å². The molecule has 2 amide bonds. The van der Waals surface area contributed by atoms with Crippen molar-refractivity contribution in [2.45, 2.75) is 33.3 Å². The van der Waals surface area contributed by atoms with Crippen molar-refractivity contribution >= 4 is 23.3 Å². The van der Waals surface area contributed by atoms with E-state index in [9.17, 15) is 9.90 Å². The van der Waals surface area contributed by atoms with Crippen LogP contribution >= 0.6 is 11.6 Å². The van der Waals surface area contributed by atoms with E-state index in [1.165, 1.54) is 0 Å². The topological polar surface area (TPSA) is 61.4 Å². The lowest BCUT2D eigenvalue weighted by atomic mass is 10.0. The van der Waals surface area contributed by atoms with E-state index in [0.717, 1.165) is 5.56 Å². The molecule has 0 saturated heterocycles. The zero-order valence-corrected chi connectivity index (χ0v) is 12.3. The van der Waals surface area contributed by atoms with Gasteiger partial charge in [-0.1, -0.05) is 31.5 Å². The van der Waals surface area contributed by atoms with E-state index < -0.39 is 6.10 Å². The summed E-state index contributed by atoms with van der Waals surface area (Å²) >= 11 is 5.88. The minimum Gasteiger partial charge on any atom is -0.393 e. The van der Waals surface area contributed by atoms with Crippen molar-refractivity contribution in [3.63, 3.8) is 0 Å². The summed E-state index contributed by atoms with van der Waals surface area (Å²) in [5, 5.41) is 15.6. The Morgan fingerprint density at radius 3 is 2.74 bits per heavy atom. The van der Waals surface area contributed by atoms with Crippen molar-refractivity contribution in [3.8, 4) is 0 Å². The van der Waals surface area contributed by atoms with Gasteiger partial charge in [-0.25, -0.2) is 4.79 Å². The number of anilines is 1. The van der Waals surface area contributed by atoms with Crippen molar-refractivity contribution in [1.29, 1.82) is 0 Å². The fourth-order valence-corrected chi connectivity index (χ4v) is 1.73. The lowest BCUT2D eigenvalue weighted by Gasteiger charge is -2.15. The number of amides is 2. The molecule has 0 bridgehead atoms. The number of rotatable bonds is 5. The quantitative estimate of drug-likeness (QED) is 0.778. The predicted octanol–water partition coefficient (Wildman–Crippen LogP) is 3.18. The van der Waals surface area contributed by atoms with E-state index in [-0.39, 0.29) is 11.9 Å². The number of benzene rings is 1. The van der Waals surface area contributed by atoms with Gasteiger partial charge in [-0.15, -0.1) is 0 Å². The third-order valence-corrected chi connectivity index (χ3v) is 3.18. The zero-order chi connectivity index (χ0) is 14.4. The van der Waals surface area contributed by atoms with Gasteiger partial charge in [-0.3, -0.25) is 0 Å². The highest BCUT2D eigenvalue weighted by atomic mass is 35.5. The first-order valence-corrected chi connectivity index (χ1v) is 6.77. The molecule has 0 aliphatic carbocycles. The van der Waals surface area contributed by atoms with Crippen LogP contribution in [0.5, 0.6) is 0 Å². The number of hydrogen-bond donors (Lipinski definition) is 3. The fraction of sp³-hybridized carbons (Fsp3) is 0.500. The predicted molar refractivity (Wildman–Crippen MR) is 78.7 cm³/mol. The number of carbonyl (C=O) groups is 1.